The number of nitrogens with zero attached hydrogens (tertiary/aromatic N) is 3. The van der Waals surface area contributed by atoms with Crippen LogP contribution in [0.15, 0.2) is 34.9 Å². The summed E-state index contributed by atoms with van der Waals surface area (Å²) >= 11 is 1.42. The lowest BCUT2D eigenvalue weighted by atomic mass is 10.4. The minimum absolute atomic E-state index is 0.174. The van der Waals surface area contributed by atoms with Gasteiger partial charge in [0.05, 0.1) is 4.88 Å². The summed E-state index contributed by atoms with van der Waals surface area (Å²) in [5.41, 5.74) is 5.86. The smallest absolute Gasteiger partial charge is 0.380 e. The Morgan fingerprint density at radius 1 is 1.61 bits per heavy atom. The molecule has 0 fully saturated rings. The first-order chi connectivity index (χ1) is 8.70. The molecule has 0 aliphatic heterocycles. The van der Waals surface area contributed by atoms with E-state index in [0.717, 1.165) is 4.88 Å². The van der Waals surface area contributed by atoms with Gasteiger partial charge in [0.25, 0.3) is 0 Å². The normalized spacial score (nSPS) is 11.5. The zero-order valence-electron chi connectivity index (χ0n) is 9.74. The highest BCUT2D eigenvalue weighted by atomic mass is 32.1. The zero-order valence-corrected chi connectivity index (χ0v) is 10.6. The van der Waals surface area contributed by atoms with Crippen LogP contribution in [-0.4, -0.2) is 21.6 Å². The standard InChI is InChI=1S/C11H12N4O2S/c1-2-15-6-5-8(13-15)11(16)17-14-10(12)9-4-3-7-18-9/h3-7H,2H2,1H3,(H2,12,14). The molecule has 0 unspecified atom stereocenters. The Morgan fingerprint density at radius 2 is 2.44 bits per heavy atom. The maximum Gasteiger partial charge on any atom is 0.385 e. The fourth-order valence-electron chi connectivity index (χ4n) is 1.25. The Kier molecular flexibility index (Phi) is 3.73. The molecule has 0 aliphatic carbocycles. The van der Waals surface area contributed by atoms with Gasteiger partial charge in [-0.2, -0.15) is 5.10 Å². The number of aryl methyl sites for hydroxylation is 1. The van der Waals surface area contributed by atoms with Crippen LogP contribution in [0, 0.1) is 0 Å². The molecule has 2 aromatic rings. The van der Waals surface area contributed by atoms with Crippen molar-refractivity contribution in [3.63, 3.8) is 0 Å². The van der Waals surface area contributed by atoms with Gasteiger partial charge in [0.1, 0.15) is 0 Å². The summed E-state index contributed by atoms with van der Waals surface area (Å²) in [7, 11) is 0. The average Bonchev–Trinajstić information content (AvgIpc) is 3.05. The lowest BCUT2D eigenvalue weighted by Crippen LogP contribution is -2.14. The summed E-state index contributed by atoms with van der Waals surface area (Å²) in [6, 6.07) is 5.21. The van der Waals surface area contributed by atoms with Gasteiger partial charge in [-0.3, -0.25) is 4.68 Å². The monoisotopic (exact) mass is 264 g/mol. The number of thiophene rings is 1. The third-order valence-corrected chi connectivity index (χ3v) is 3.07. The minimum atomic E-state index is -0.623. The summed E-state index contributed by atoms with van der Waals surface area (Å²) in [5, 5.41) is 9.45. The molecule has 2 rings (SSSR count). The van der Waals surface area contributed by atoms with Gasteiger partial charge in [0.15, 0.2) is 11.5 Å². The predicted octanol–water partition coefficient (Wildman–Crippen LogP) is 1.44. The SMILES string of the molecule is CCn1ccc(C(=O)O/N=C(\N)c2cccs2)n1. The molecule has 7 heteroatoms. The number of aromatic nitrogens is 2. The molecule has 2 heterocycles. The van der Waals surface area contributed by atoms with Gasteiger partial charge in [-0.05, 0) is 24.4 Å². The van der Waals surface area contributed by atoms with E-state index in [1.807, 2.05) is 18.4 Å². The summed E-state index contributed by atoms with van der Waals surface area (Å²) in [4.78, 5) is 17.1. The average molecular weight is 264 g/mol. The molecule has 0 bridgehead atoms. The Hall–Kier alpha value is -2.15. The van der Waals surface area contributed by atoms with E-state index in [-0.39, 0.29) is 11.5 Å². The van der Waals surface area contributed by atoms with Crippen LogP contribution in [0.5, 0.6) is 0 Å². The van der Waals surface area contributed by atoms with Crippen LogP contribution >= 0.6 is 11.3 Å². The van der Waals surface area contributed by atoms with E-state index < -0.39 is 5.97 Å². The molecule has 18 heavy (non-hydrogen) atoms. The van der Waals surface area contributed by atoms with Gasteiger partial charge < -0.3 is 10.6 Å². The van der Waals surface area contributed by atoms with E-state index in [4.69, 9.17) is 10.6 Å². The van der Waals surface area contributed by atoms with Crippen LogP contribution in [0.4, 0.5) is 0 Å². The molecule has 0 aliphatic rings. The third-order valence-electron chi connectivity index (χ3n) is 2.17. The van der Waals surface area contributed by atoms with E-state index in [1.54, 1.807) is 23.0 Å². The first kappa shape index (κ1) is 12.3. The number of nitrogens with two attached hydrogens (primary N) is 1. The lowest BCUT2D eigenvalue weighted by Gasteiger charge is -1.96. The van der Waals surface area contributed by atoms with Crippen molar-refractivity contribution in [1.29, 1.82) is 0 Å². The van der Waals surface area contributed by atoms with Crippen LogP contribution in [0.25, 0.3) is 0 Å². The second-order valence-electron chi connectivity index (χ2n) is 3.39. The highest BCUT2D eigenvalue weighted by molar-refractivity contribution is 7.12. The number of hydrogen-bond acceptors (Lipinski definition) is 5. The number of carbonyl (C=O) groups is 1. The van der Waals surface area contributed by atoms with Gasteiger partial charge in [-0.25, -0.2) is 4.79 Å². The van der Waals surface area contributed by atoms with Gasteiger partial charge in [0, 0.05) is 12.7 Å². The van der Waals surface area contributed by atoms with Crippen LogP contribution < -0.4 is 5.73 Å². The van der Waals surface area contributed by atoms with E-state index >= 15 is 0 Å². The van der Waals surface area contributed by atoms with Crippen molar-refractivity contribution in [1.82, 2.24) is 9.78 Å². The molecular weight excluding hydrogens is 252 g/mol. The maximum absolute atomic E-state index is 11.6. The molecule has 2 N–H and O–H groups in total. The Balaban J connectivity index is 2.02. The predicted molar refractivity (Wildman–Crippen MR) is 68.4 cm³/mol. The molecule has 0 aromatic carbocycles. The Labute approximate surface area is 108 Å². The minimum Gasteiger partial charge on any atom is -0.380 e. The van der Waals surface area contributed by atoms with Crippen molar-refractivity contribution in [3.8, 4) is 0 Å². The molecular formula is C11H12N4O2S. The number of carbonyl (C=O) groups excluding carboxylic acids is 1. The van der Waals surface area contributed by atoms with Crippen LogP contribution in [0.3, 0.4) is 0 Å². The van der Waals surface area contributed by atoms with Gasteiger partial charge in [0.2, 0.25) is 0 Å². The summed E-state index contributed by atoms with van der Waals surface area (Å²) in [6.07, 6.45) is 1.70. The summed E-state index contributed by atoms with van der Waals surface area (Å²) in [6.45, 7) is 2.61. The van der Waals surface area contributed by atoms with Crippen molar-refractivity contribution in [3.05, 3.63) is 40.3 Å². The van der Waals surface area contributed by atoms with Crippen molar-refractivity contribution < 1.29 is 9.63 Å². The van der Waals surface area contributed by atoms with Crippen molar-refractivity contribution in [2.24, 2.45) is 10.9 Å². The first-order valence-corrected chi connectivity index (χ1v) is 6.21. The van der Waals surface area contributed by atoms with E-state index in [1.165, 1.54) is 11.3 Å². The molecule has 0 spiro atoms. The number of amidine groups is 1. The van der Waals surface area contributed by atoms with Gasteiger partial charge in [-0.1, -0.05) is 11.2 Å². The molecule has 0 radical (unpaired) electrons. The van der Waals surface area contributed by atoms with E-state index in [9.17, 15) is 4.79 Å². The van der Waals surface area contributed by atoms with Crippen LogP contribution in [0.2, 0.25) is 0 Å². The number of rotatable bonds is 4. The fourth-order valence-corrected chi connectivity index (χ4v) is 1.87. The first-order valence-electron chi connectivity index (χ1n) is 5.33. The molecule has 0 atom stereocenters. The van der Waals surface area contributed by atoms with Crippen LogP contribution in [-0.2, 0) is 11.4 Å². The second-order valence-corrected chi connectivity index (χ2v) is 4.34. The molecule has 94 valence electrons. The largest absolute Gasteiger partial charge is 0.385 e. The fraction of sp³-hybridized carbons (Fsp3) is 0.182. The summed E-state index contributed by atoms with van der Waals surface area (Å²) in [5.74, 6) is -0.449. The lowest BCUT2D eigenvalue weighted by molar-refractivity contribution is 0.0508. The van der Waals surface area contributed by atoms with Crippen molar-refractivity contribution in [2.75, 3.05) is 0 Å². The van der Waals surface area contributed by atoms with E-state index in [2.05, 4.69) is 10.3 Å². The Morgan fingerprint density at radius 3 is 3.06 bits per heavy atom. The van der Waals surface area contributed by atoms with Crippen molar-refractivity contribution >= 4 is 23.1 Å². The third kappa shape index (κ3) is 2.75. The molecule has 0 amide bonds. The topological polar surface area (TPSA) is 82.5 Å². The molecule has 2 aromatic heterocycles. The van der Waals surface area contributed by atoms with Gasteiger partial charge >= 0.3 is 5.97 Å². The molecule has 0 saturated carbocycles. The zero-order chi connectivity index (χ0) is 13.0. The van der Waals surface area contributed by atoms with E-state index in [0.29, 0.717) is 6.54 Å². The number of hydrogen-bond donors (Lipinski definition) is 1. The second kappa shape index (κ2) is 5.46. The maximum atomic E-state index is 11.6. The Bertz CT molecular complexity index is 559. The van der Waals surface area contributed by atoms with Crippen LogP contribution in [0.1, 0.15) is 22.3 Å². The van der Waals surface area contributed by atoms with Crippen molar-refractivity contribution in [2.45, 2.75) is 13.5 Å². The highest BCUT2D eigenvalue weighted by Crippen LogP contribution is 2.08. The highest BCUT2D eigenvalue weighted by Gasteiger charge is 2.11. The summed E-state index contributed by atoms with van der Waals surface area (Å²) < 4.78 is 1.63. The molecule has 6 nitrogen and oxygen atoms in total. The quantitative estimate of drug-likeness (QED) is 0.392. The molecule has 0 saturated heterocycles. The number of oxime groups is 1. The van der Waals surface area contributed by atoms with Gasteiger partial charge in [-0.15, -0.1) is 11.3 Å².